The Hall–Kier alpha value is -5.18. The lowest BCUT2D eigenvalue weighted by atomic mass is 10.1. The molecule has 1 saturated heterocycles. The molecule has 0 radical (unpaired) electrons. The van der Waals surface area contributed by atoms with E-state index in [1.807, 2.05) is 66.7 Å². The van der Waals surface area contributed by atoms with Crippen LogP contribution >= 0.6 is 0 Å². The van der Waals surface area contributed by atoms with Gasteiger partial charge in [-0.3, -0.25) is 14.3 Å². The number of allylic oxidation sites excluding steroid dienone is 1. The molecule has 2 aliphatic carbocycles. The Kier molecular flexibility index (Phi) is 10.8. The first kappa shape index (κ1) is 38.1. The second kappa shape index (κ2) is 15.5. The van der Waals surface area contributed by atoms with E-state index >= 15 is 0 Å². The van der Waals surface area contributed by atoms with Crippen LogP contribution < -0.4 is 24.2 Å². The van der Waals surface area contributed by atoms with Gasteiger partial charge in [-0.05, 0) is 63.1 Å². The van der Waals surface area contributed by atoms with Gasteiger partial charge in [0, 0.05) is 37.1 Å². The number of aromatic nitrogens is 2. The van der Waals surface area contributed by atoms with E-state index in [1.165, 1.54) is 12.0 Å². The zero-order valence-electron chi connectivity index (χ0n) is 31.4. The zero-order chi connectivity index (χ0) is 38.8. The summed E-state index contributed by atoms with van der Waals surface area (Å²) in [7, 11) is -0.910. The third-order valence-corrected chi connectivity index (χ3v) is 13.3. The van der Waals surface area contributed by atoms with Gasteiger partial charge in [0.2, 0.25) is 21.8 Å². The van der Waals surface area contributed by atoms with Gasteiger partial charge in [-0.1, -0.05) is 61.0 Å². The van der Waals surface area contributed by atoms with E-state index in [0.717, 1.165) is 36.8 Å². The number of carbonyl (C=O) groups excluding carboxylic acids is 3. The summed E-state index contributed by atoms with van der Waals surface area (Å²) in [6.45, 7) is 2.42. The highest BCUT2D eigenvalue weighted by atomic mass is 32.2. The second-order valence-corrected chi connectivity index (χ2v) is 17.3. The molecule has 2 saturated carbocycles. The molecule has 7 rings (SSSR count). The van der Waals surface area contributed by atoms with Gasteiger partial charge >= 0.3 is 12.0 Å². The summed E-state index contributed by atoms with van der Waals surface area (Å²) in [4.78, 5) is 55.2. The molecule has 3 fully saturated rings. The van der Waals surface area contributed by atoms with Crippen LogP contribution in [-0.4, -0.2) is 95.8 Å². The van der Waals surface area contributed by atoms with Crippen LogP contribution in [0, 0.1) is 5.92 Å². The average molecular weight is 773 g/mol. The molecule has 0 bridgehead atoms. The van der Waals surface area contributed by atoms with Crippen LogP contribution in [0.3, 0.4) is 0 Å². The lowest BCUT2D eigenvalue weighted by Gasteiger charge is -2.32. The van der Waals surface area contributed by atoms with Crippen molar-refractivity contribution in [2.75, 3.05) is 27.3 Å². The summed E-state index contributed by atoms with van der Waals surface area (Å²) in [5, 5.41) is 2.94. The highest BCUT2D eigenvalue weighted by molar-refractivity contribution is 7.91. The number of ether oxygens (including phenoxy) is 3. The topological polar surface area (TPSA) is 169 Å². The Morgan fingerprint density at radius 2 is 1.76 bits per heavy atom. The second-order valence-electron chi connectivity index (χ2n) is 15.1. The molecular formula is C40H48N6O8S. The number of carbonyl (C=O) groups is 3. The predicted molar refractivity (Wildman–Crippen MR) is 204 cm³/mol. The number of nitrogens with one attached hydrogen (secondary N) is 2. The highest BCUT2D eigenvalue weighted by Crippen LogP contribution is 2.47. The standard InChI is InChI=1S/C40H48N6O8S/c1-39(19-20-39)55(50,51)44-36(48)40-24-29(40)14-10-5-4-6-11-21-45(25-27-15-17-30(52-2)18-16-27)38(49)46-26-31(22-33(46)35(47)43-40)54-34-23-32(41-37(42-34)53-3)28-12-8-7-9-13-28/h7-10,12-18,23,29,31,33H,4-6,11,19-22,24-26H2,1-3H3,(H,43,47)(H,44,48)/b14-10-/t29-,31+,33-,40+/m0/s1. The number of hydrogen-bond acceptors (Lipinski definition) is 10. The van der Waals surface area contributed by atoms with Crippen LogP contribution in [0.2, 0.25) is 0 Å². The Bertz CT molecular complexity index is 2040. The Balaban J connectivity index is 1.19. The fraction of sp³-hybridized carbons (Fsp3) is 0.475. The molecule has 55 heavy (non-hydrogen) atoms. The molecule has 2 N–H and O–H groups in total. The molecule has 2 aromatic carbocycles. The number of amides is 4. The molecule has 3 heterocycles. The van der Waals surface area contributed by atoms with Crippen molar-refractivity contribution in [1.82, 2.24) is 29.8 Å². The number of benzene rings is 2. The van der Waals surface area contributed by atoms with E-state index < -0.39 is 50.2 Å². The first-order chi connectivity index (χ1) is 26.4. The molecule has 2 aliphatic heterocycles. The number of methoxy groups -OCH3 is 2. The largest absolute Gasteiger partial charge is 0.497 e. The normalized spacial score (nSPS) is 25.6. The van der Waals surface area contributed by atoms with Gasteiger partial charge in [0.05, 0.1) is 31.2 Å². The number of nitrogens with zero attached hydrogens (tertiary/aromatic N) is 4. The maximum absolute atomic E-state index is 14.7. The molecule has 4 atom stereocenters. The van der Waals surface area contributed by atoms with Crippen LogP contribution in [-0.2, 0) is 26.2 Å². The van der Waals surface area contributed by atoms with Crippen molar-refractivity contribution in [3.05, 3.63) is 78.4 Å². The van der Waals surface area contributed by atoms with E-state index in [2.05, 4.69) is 20.0 Å². The molecule has 0 spiro atoms. The van der Waals surface area contributed by atoms with Crippen LogP contribution in [0.5, 0.6) is 17.6 Å². The van der Waals surface area contributed by atoms with E-state index in [4.69, 9.17) is 14.2 Å². The van der Waals surface area contributed by atoms with Gasteiger partial charge in [-0.15, -0.1) is 0 Å². The van der Waals surface area contributed by atoms with Crippen molar-refractivity contribution < 1.29 is 37.0 Å². The summed E-state index contributed by atoms with van der Waals surface area (Å²) < 4.78 is 44.7. The fourth-order valence-electron chi connectivity index (χ4n) is 7.27. The number of urea groups is 1. The first-order valence-electron chi connectivity index (χ1n) is 18.8. The molecule has 0 unspecified atom stereocenters. The van der Waals surface area contributed by atoms with Gasteiger partial charge in [0.15, 0.2) is 0 Å². The Morgan fingerprint density at radius 3 is 2.47 bits per heavy atom. The minimum atomic E-state index is -3.97. The maximum Gasteiger partial charge on any atom is 0.321 e. The summed E-state index contributed by atoms with van der Waals surface area (Å²) >= 11 is 0. The van der Waals surface area contributed by atoms with E-state index in [9.17, 15) is 22.8 Å². The Morgan fingerprint density at radius 1 is 1.00 bits per heavy atom. The van der Waals surface area contributed by atoms with E-state index in [1.54, 1.807) is 25.0 Å². The SMILES string of the molecule is COc1ccc(CN2CCCCC/C=C\[C@H]3C[C@@]3(C(=O)NS(=O)(=O)C3(C)CC3)NC(=O)[C@@H]3C[C@@H](Oc4cc(-c5ccccc5)nc(OC)n4)CN3C2=O)cc1. The monoisotopic (exact) mass is 772 g/mol. The van der Waals surface area contributed by atoms with Gasteiger partial charge in [0.1, 0.15) is 23.4 Å². The average Bonchev–Trinajstić information content (AvgIpc) is 4.07. The minimum absolute atomic E-state index is 0.0539. The summed E-state index contributed by atoms with van der Waals surface area (Å²) in [6.07, 6.45) is 7.68. The van der Waals surface area contributed by atoms with Crippen LogP contribution in [0.4, 0.5) is 4.79 Å². The summed E-state index contributed by atoms with van der Waals surface area (Å²) in [5.74, 6) is -0.825. The summed E-state index contributed by atoms with van der Waals surface area (Å²) in [6, 6.07) is 17.4. The molecule has 3 aromatic rings. The van der Waals surface area contributed by atoms with Gasteiger partial charge in [-0.25, -0.2) is 13.2 Å². The zero-order valence-corrected chi connectivity index (χ0v) is 32.2. The fourth-order valence-corrected chi connectivity index (χ4v) is 8.58. The molecule has 1 aromatic heterocycles. The van der Waals surface area contributed by atoms with Crippen molar-refractivity contribution in [1.29, 1.82) is 0 Å². The lowest BCUT2D eigenvalue weighted by molar-refractivity contribution is -0.131. The predicted octanol–water partition coefficient (Wildman–Crippen LogP) is 4.61. The molecule has 4 amide bonds. The molecule has 292 valence electrons. The third kappa shape index (κ3) is 8.26. The van der Waals surface area contributed by atoms with Crippen molar-refractivity contribution in [3.8, 4) is 28.9 Å². The van der Waals surface area contributed by atoms with Crippen LogP contribution in [0.25, 0.3) is 11.3 Å². The number of fused-ring (bicyclic) bond motifs is 2. The Labute approximate surface area is 321 Å². The van der Waals surface area contributed by atoms with E-state index in [-0.39, 0.29) is 37.3 Å². The van der Waals surface area contributed by atoms with Gasteiger partial charge in [-0.2, -0.15) is 9.97 Å². The number of rotatable bonds is 10. The van der Waals surface area contributed by atoms with Crippen LogP contribution in [0.15, 0.2) is 72.8 Å². The minimum Gasteiger partial charge on any atom is -0.497 e. The van der Waals surface area contributed by atoms with Gasteiger partial charge in [0.25, 0.3) is 5.91 Å². The molecule has 14 nitrogen and oxygen atoms in total. The summed E-state index contributed by atoms with van der Waals surface area (Å²) in [5.41, 5.74) is 0.815. The van der Waals surface area contributed by atoms with E-state index in [0.29, 0.717) is 37.4 Å². The van der Waals surface area contributed by atoms with Gasteiger partial charge < -0.3 is 29.3 Å². The van der Waals surface area contributed by atoms with Crippen molar-refractivity contribution in [2.45, 2.75) is 87.3 Å². The van der Waals surface area contributed by atoms with Crippen LogP contribution in [0.1, 0.15) is 63.9 Å². The third-order valence-electron chi connectivity index (χ3n) is 11.1. The smallest absolute Gasteiger partial charge is 0.321 e. The number of hydrogen-bond donors (Lipinski definition) is 2. The molecule has 4 aliphatic rings. The van der Waals surface area contributed by atoms with Crippen molar-refractivity contribution in [3.63, 3.8) is 0 Å². The van der Waals surface area contributed by atoms with Crippen molar-refractivity contribution >= 4 is 27.9 Å². The molecular weight excluding hydrogens is 725 g/mol. The highest BCUT2D eigenvalue weighted by Gasteiger charge is 2.63. The number of sulfonamides is 1. The first-order valence-corrected chi connectivity index (χ1v) is 20.3. The van der Waals surface area contributed by atoms with Crippen molar-refractivity contribution in [2.24, 2.45) is 5.92 Å². The maximum atomic E-state index is 14.7. The quantitative estimate of drug-likeness (QED) is 0.278. The molecule has 15 heteroatoms. The lowest BCUT2D eigenvalue weighted by Crippen LogP contribution is -2.58.